The Kier molecular flexibility index (Phi) is 3.83. The zero-order valence-electron chi connectivity index (χ0n) is 13.6. The van der Waals surface area contributed by atoms with Crippen molar-refractivity contribution in [1.29, 1.82) is 0 Å². The largest absolute Gasteiger partial charge is 0.346 e. The molecule has 3 heterocycles. The van der Waals surface area contributed by atoms with Crippen LogP contribution >= 0.6 is 0 Å². The molecule has 0 atom stereocenters. The number of hydrogen-bond acceptors (Lipinski definition) is 3. The summed E-state index contributed by atoms with van der Waals surface area (Å²) in [7, 11) is 0. The summed E-state index contributed by atoms with van der Waals surface area (Å²) in [5, 5.41) is 1.30. The highest BCUT2D eigenvalue weighted by Crippen LogP contribution is 2.26. The minimum absolute atomic E-state index is 0.790. The van der Waals surface area contributed by atoms with Gasteiger partial charge >= 0.3 is 0 Å². The molecule has 0 bridgehead atoms. The molecule has 1 aromatic carbocycles. The third-order valence-corrected chi connectivity index (χ3v) is 4.76. The second-order valence-corrected chi connectivity index (χ2v) is 6.36. The van der Waals surface area contributed by atoms with Crippen LogP contribution in [0.4, 0.5) is 0 Å². The third kappa shape index (κ3) is 2.86. The summed E-state index contributed by atoms with van der Waals surface area (Å²) < 4.78 is 2.39. The molecule has 0 N–H and O–H groups in total. The molecule has 23 heavy (non-hydrogen) atoms. The lowest BCUT2D eigenvalue weighted by molar-refractivity contribution is 0.324. The van der Waals surface area contributed by atoms with Gasteiger partial charge in [0.1, 0.15) is 0 Å². The Balaban J connectivity index is 1.63. The molecule has 2 aromatic heterocycles. The fourth-order valence-electron chi connectivity index (χ4n) is 3.50. The SMILES string of the molecule is Cc1cn(CCN2CCCC2)c2ccc(-c3ncccn3)cc12. The summed E-state index contributed by atoms with van der Waals surface area (Å²) in [5.74, 6) is 0.790. The zero-order valence-corrected chi connectivity index (χ0v) is 13.6. The van der Waals surface area contributed by atoms with E-state index in [0.717, 1.165) is 24.5 Å². The maximum absolute atomic E-state index is 4.36. The molecule has 4 nitrogen and oxygen atoms in total. The molecular formula is C19H22N4. The maximum atomic E-state index is 4.36. The Hall–Kier alpha value is -2.20. The second-order valence-electron chi connectivity index (χ2n) is 6.36. The van der Waals surface area contributed by atoms with Crippen molar-refractivity contribution in [2.24, 2.45) is 0 Å². The average Bonchev–Trinajstić information content (AvgIpc) is 3.22. The minimum Gasteiger partial charge on any atom is -0.346 e. The smallest absolute Gasteiger partial charge is 0.159 e. The number of rotatable bonds is 4. The van der Waals surface area contributed by atoms with E-state index in [9.17, 15) is 0 Å². The van der Waals surface area contributed by atoms with Crippen LogP contribution in [-0.4, -0.2) is 39.1 Å². The number of hydrogen-bond donors (Lipinski definition) is 0. The van der Waals surface area contributed by atoms with Crippen LogP contribution < -0.4 is 0 Å². The standard InChI is InChI=1S/C19H22N4/c1-15-14-23(12-11-22-9-2-3-10-22)18-6-5-16(13-17(15)18)19-20-7-4-8-21-19/h4-8,13-14H,2-3,9-12H2,1H3. The molecule has 4 rings (SSSR count). The van der Waals surface area contributed by atoms with Crippen LogP contribution in [0.25, 0.3) is 22.3 Å². The highest BCUT2D eigenvalue weighted by Gasteiger charge is 2.13. The van der Waals surface area contributed by atoms with Gasteiger partial charge in [-0.05, 0) is 62.7 Å². The van der Waals surface area contributed by atoms with Gasteiger partial charge in [0.25, 0.3) is 0 Å². The highest BCUT2D eigenvalue weighted by molar-refractivity contribution is 5.87. The normalized spacial score (nSPS) is 15.5. The lowest BCUT2D eigenvalue weighted by atomic mass is 10.1. The van der Waals surface area contributed by atoms with E-state index in [4.69, 9.17) is 0 Å². The Morgan fingerprint density at radius 2 is 1.83 bits per heavy atom. The Morgan fingerprint density at radius 1 is 1.04 bits per heavy atom. The molecule has 3 aromatic rings. The third-order valence-electron chi connectivity index (χ3n) is 4.76. The van der Waals surface area contributed by atoms with Crippen molar-refractivity contribution < 1.29 is 0 Å². The summed E-state index contributed by atoms with van der Waals surface area (Å²) in [6, 6.07) is 8.40. The van der Waals surface area contributed by atoms with Gasteiger partial charge in [-0.1, -0.05) is 0 Å². The topological polar surface area (TPSA) is 34.0 Å². The van der Waals surface area contributed by atoms with Crippen LogP contribution in [0.2, 0.25) is 0 Å². The number of fused-ring (bicyclic) bond motifs is 1. The van der Waals surface area contributed by atoms with Crippen LogP contribution in [-0.2, 0) is 6.54 Å². The van der Waals surface area contributed by atoms with Crippen molar-refractivity contribution in [3.05, 3.63) is 48.4 Å². The first-order valence-corrected chi connectivity index (χ1v) is 8.40. The summed E-state index contributed by atoms with van der Waals surface area (Å²) in [4.78, 5) is 11.3. The van der Waals surface area contributed by atoms with E-state index in [1.54, 1.807) is 12.4 Å². The van der Waals surface area contributed by atoms with Gasteiger partial charge in [-0.25, -0.2) is 9.97 Å². The molecule has 1 aliphatic heterocycles. The monoisotopic (exact) mass is 306 g/mol. The highest BCUT2D eigenvalue weighted by atomic mass is 15.2. The van der Waals surface area contributed by atoms with Gasteiger partial charge in [-0.3, -0.25) is 0 Å². The molecule has 1 fully saturated rings. The number of aromatic nitrogens is 3. The lowest BCUT2D eigenvalue weighted by Gasteiger charge is -2.15. The quantitative estimate of drug-likeness (QED) is 0.740. The van der Waals surface area contributed by atoms with E-state index in [2.05, 4.69) is 50.8 Å². The lowest BCUT2D eigenvalue weighted by Crippen LogP contribution is -2.23. The Bertz CT molecular complexity index is 801. The fraction of sp³-hybridized carbons (Fsp3) is 0.368. The van der Waals surface area contributed by atoms with E-state index in [1.807, 2.05) is 6.07 Å². The van der Waals surface area contributed by atoms with Crippen molar-refractivity contribution in [3.8, 4) is 11.4 Å². The van der Waals surface area contributed by atoms with Gasteiger partial charge in [-0.15, -0.1) is 0 Å². The summed E-state index contributed by atoms with van der Waals surface area (Å²) in [5.41, 5.74) is 3.71. The van der Waals surface area contributed by atoms with Crippen molar-refractivity contribution in [2.75, 3.05) is 19.6 Å². The first-order chi connectivity index (χ1) is 11.3. The van der Waals surface area contributed by atoms with E-state index < -0.39 is 0 Å². The molecule has 1 aliphatic rings. The van der Waals surface area contributed by atoms with Crippen molar-refractivity contribution >= 4 is 10.9 Å². The van der Waals surface area contributed by atoms with Crippen LogP contribution in [0, 0.1) is 6.92 Å². The fourth-order valence-corrected chi connectivity index (χ4v) is 3.50. The Morgan fingerprint density at radius 3 is 2.61 bits per heavy atom. The van der Waals surface area contributed by atoms with E-state index in [0.29, 0.717) is 0 Å². The minimum atomic E-state index is 0.790. The van der Waals surface area contributed by atoms with Gasteiger partial charge in [0.15, 0.2) is 5.82 Å². The maximum Gasteiger partial charge on any atom is 0.159 e. The Labute approximate surface area is 136 Å². The van der Waals surface area contributed by atoms with E-state index >= 15 is 0 Å². The van der Waals surface area contributed by atoms with Crippen LogP contribution in [0.3, 0.4) is 0 Å². The first-order valence-electron chi connectivity index (χ1n) is 8.40. The van der Waals surface area contributed by atoms with Crippen LogP contribution in [0.5, 0.6) is 0 Å². The predicted molar refractivity (Wildman–Crippen MR) is 93.4 cm³/mol. The molecular weight excluding hydrogens is 284 g/mol. The predicted octanol–water partition coefficient (Wildman–Crippen LogP) is 3.50. The molecule has 0 amide bonds. The number of nitrogens with zero attached hydrogens (tertiary/aromatic N) is 4. The molecule has 118 valence electrons. The van der Waals surface area contributed by atoms with Gasteiger partial charge in [0, 0.05) is 48.1 Å². The van der Waals surface area contributed by atoms with E-state index in [-0.39, 0.29) is 0 Å². The summed E-state index contributed by atoms with van der Waals surface area (Å²) >= 11 is 0. The van der Waals surface area contributed by atoms with Crippen LogP contribution in [0.1, 0.15) is 18.4 Å². The first kappa shape index (κ1) is 14.4. The molecule has 0 saturated carbocycles. The number of benzene rings is 1. The summed E-state index contributed by atoms with van der Waals surface area (Å²) in [6.45, 7) is 6.91. The van der Waals surface area contributed by atoms with Crippen molar-refractivity contribution in [2.45, 2.75) is 26.3 Å². The molecule has 4 heteroatoms. The van der Waals surface area contributed by atoms with Crippen LogP contribution in [0.15, 0.2) is 42.9 Å². The molecule has 1 saturated heterocycles. The number of likely N-dealkylation sites (tertiary alicyclic amines) is 1. The molecule has 0 unspecified atom stereocenters. The van der Waals surface area contributed by atoms with Crippen molar-refractivity contribution in [3.63, 3.8) is 0 Å². The zero-order chi connectivity index (χ0) is 15.6. The van der Waals surface area contributed by atoms with Crippen molar-refractivity contribution in [1.82, 2.24) is 19.4 Å². The van der Waals surface area contributed by atoms with Gasteiger partial charge in [0.05, 0.1) is 0 Å². The average molecular weight is 306 g/mol. The summed E-state index contributed by atoms with van der Waals surface area (Å²) in [6.07, 6.45) is 8.56. The molecule has 0 spiro atoms. The van der Waals surface area contributed by atoms with Gasteiger partial charge in [-0.2, -0.15) is 0 Å². The molecule has 0 aliphatic carbocycles. The van der Waals surface area contributed by atoms with E-state index in [1.165, 1.54) is 42.4 Å². The number of aryl methyl sites for hydroxylation is 1. The second kappa shape index (κ2) is 6.13. The molecule has 0 radical (unpaired) electrons. The van der Waals surface area contributed by atoms with Gasteiger partial charge < -0.3 is 9.47 Å². The van der Waals surface area contributed by atoms with Gasteiger partial charge in [0.2, 0.25) is 0 Å².